The van der Waals surface area contributed by atoms with Gasteiger partial charge in [-0.3, -0.25) is 14.3 Å². The molecule has 1 N–H and O–H groups in total. The highest BCUT2D eigenvalue weighted by Gasteiger charge is 2.26. The van der Waals surface area contributed by atoms with Crippen molar-refractivity contribution >= 4 is 33.4 Å². The van der Waals surface area contributed by atoms with Gasteiger partial charge in [0.15, 0.2) is 0 Å². The van der Waals surface area contributed by atoms with Gasteiger partial charge in [-0.15, -0.1) is 11.3 Å². The van der Waals surface area contributed by atoms with Gasteiger partial charge in [-0.1, -0.05) is 0 Å². The van der Waals surface area contributed by atoms with Gasteiger partial charge in [0, 0.05) is 31.6 Å². The fourth-order valence-corrected chi connectivity index (χ4v) is 4.40. The molecule has 0 aromatic carbocycles. The Kier molecular flexibility index (Phi) is 4.28. The van der Waals surface area contributed by atoms with E-state index in [4.69, 9.17) is 4.42 Å². The number of rotatable bonds is 3. The smallest absolute Gasteiger partial charge is 0.261 e. The van der Waals surface area contributed by atoms with E-state index in [1.807, 2.05) is 29.6 Å². The Morgan fingerprint density at radius 1 is 1.35 bits per heavy atom. The number of amides is 2. The van der Waals surface area contributed by atoms with Crippen LogP contribution in [0.25, 0.3) is 10.2 Å². The molecule has 3 aromatic heterocycles. The van der Waals surface area contributed by atoms with Gasteiger partial charge < -0.3 is 14.6 Å². The standard InChI is InChI=1S/C18H20N4O3S/c1-11-14-9-15(26-18(14)21(2)20-11)16(23)19-13-3-6-22(7-4-13)17(24)12-5-8-25-10-12/h5,8-10,13H,3-4,6-7H2,1-2H3,(H,19,23). The van der Waals surface area contributed by atoms with Crippen molar-refractivity contribution in [1.29, 1.82) is 0 Å². The number of hydrogen-bond donors (Lipinski definition) is 1. The lowest BCUT2D eigenvalue weighted by Gasteiger charge is -2.32. The summed E-state index contributed by atoms with van der Waals surface area (Å²) in [6.45, 7) is 3.21. The molecule has 4 rings (SSSR count). The lowest BCUT2D eigenvalue weighted by Crippen LogP contribution is -2.46. The molecule has 136 valence electrons. The van der Waals surface area contributed by atoms with E-state index in [0.29, 0.717) is 23.5 Å². The molecule has 1 aliphatic heterocycles. The number of nitrogens with one attached hydrogen (secondary N) is 1. The third kappa shape index (κ3) is 3.01. The average Bonchev–Trinajstić information content (AvgIpc) is 3.35. The van der Waals surface area contributed by atoms with Crippen molar-refractivity contribution in [2.24, 2.45) is 7.05 Å². The molecule has 4 heterocycles. The van der Waals surface area contributed by atoms with Crippen LogP contribution in [0.2, 0.25) is 0 Å². The van der Waals surface area contributed by atoms with E-state index in [1.165, 1.54) is 23.9 Å². The molecular formula is C18H20N4O3S. The molecule has 1 fully saturated rings. The van der Waals surface area contributed by atoms with Crippen LogP contribution in [0.5, 0.6) is 0 Å². The third-order valence-electron chi connectivity index (χ3n) is 4.81. The largest absolute Gasteiger partial charge is 0.472 e. The van der Waals surface area contributed by atoms with Crippen LogP contribution in [-0.4, -0.2) is 45.6 Å². The first-order valence-electron chi connectivity index (χ1n) is 8.58. The summed E-state index contributed by atoms with van der Waals surface area (Å²) < 4.78 is 6.79. The van der Waals surface area contributed by atoms with Gasteiger partial charge in [0.1, 0.15) is 11.1 Å². The minimum atomic E-state index is -0.0507. The maximum atomic E-state index is 12.6. The summed E-state index contributed by atoms with van der Waals surface area (Å²) in [5.74, 6) is -0.0683. The molecule has 7 nitrogen and oxygen atoms in total. The van der Waals surface area contributed by atoms with Crippen LogP contribution in [0.15, 0.2) is 29.1 Å². The lowest BCUT2D eigenvalue weighted by molar-refractivity contribution is 0.0697. The highest BCUT2D eigenvalue weighted by atomic mass is 32.1. The Bertz CT molecular complexity index is 914. The number of fused-ring (bicyclic) bond motifs is 1. The zero-order valence-electron chi connectivity index (χ0n) is 14.7. The highest BCUT2D eigenvalue weighted by Crippen LogP contribution is 2.27. The molecule has 0 unspecified atom stereocenters. The zero-order chi connectivity index (χ0) is 18.3. The highest BCUT2D eigenvalue weighted by molar-refractivity contribution is 7.20. The minimum absolute atomic E-state index is 0.0176. The molecule has 0 spiro atoms. The molecule has 3 aromatic rings. The Hall–Kier alpha value is -2.61. The number of hydrogen-bond acceptors (Lipinski definition) is 5. The van der Waals surface area contributed by atoms with Crippen LogP contribution in [0.1, 0.15) is 38.6 Å². The van der Waals surface area contributed by atoms with Crippen LogP contribution < -0.4 is 5.32 Å². The first-order chi connectivity index (χ1) is 12.5. The van der Waals surface area contributed by atoms with Gasteiger partial charge in [-0.2, -0.15) is 5.10 Å². The molecule has 26 heavy (non-hydrogen) atoms. The summed E-state index contributed by atoms with van der Waals surface area (Å²) in [6, 6.07) is 3.67. The molecule has 1 aliphatic rings. The monoisotopic (exact) mass is 372 g/mol. The van der Waals surface area contributed by atoms with E-state index in [2.05, 4.69) is 10.4 Å². The number of carbonyl (C=O) groups excluding carboxylic acids is 2. The second-order valence-electron chi connectivity index (χ2n) is 6.59. The maximum absolute atomic E-state index is 12.6. The predicted molar refractivity (Wildman–Crippen MR) is 98.4 cm³/mol. The first kappa shape index (κ1) is 16.8. The van der Waals surface area contributed by atoms with Crippen LogP contribution in [-0.2, 0) is 7.05 Å². The van der Waals surface area contributed by atoms with E-state index in [0.717, 1.165) is 28.8 Å². The Labute approximate surface area is 154 Å². The number of aryl methyl sites for hydroxylation is 2. The quantitative estimate of drug-likeness (QED) is 0.766. The van der Waals surface area contributed by atoms with Crippen molar-refractivity contribution in [1.82, 2.24) is 20.0 Å². The van der Waals surface area contributed by atoms with Crippen molar-refractivity contribution in [3.05, 3.63) is 40.8 Å². The van der Waals surface area contributed by atoms with Gasteiger partial charge in [0.25, 0.3) is 11.8 Å². The van der Waals surface area contributed by atoms with Crippen LogP contribution >= 0.6 is 11.3 Å². The van der Waals surface area contributed by atoms with Crippen molar-refractivity contribution in [2.45, 2.75) is 25.8 Å². The molecule has 2 amide bonds. The molecule has 8 heteroatoms. The van der Waals surface area contributed by atoms with E-state index >= 15 is 0 Å². The maximum Gasteiger partial charge on any atom is 0.261 e. The Balaban J connectivity index is 1.37. The van der Waals surface area contributed by atoms with Gasteiger partial charge in [-0.05, 0) is 31.9 Å². The second kappa shape index (κ2) is 6.60. The number of furan rings is 1. The number of piperidine rings is 1. The molecule has 0 saturated carbocycles. The molecular weight excluding hydrogens is 352 g/mol. The van der Waals surface area contributed by atoms with Crippen LogP contribution in [0.4, 0.5) is 0 Å². The summed E-state index contributed by atoms with van der Waals surface area (Å²) in [5.41, 5.74) is 1.51. The molecule has 0 aliphatic carbocycles. The van der Waals surface area contributed by atoms with E-state index in [1.54, 1.807) is 6.07 Å². The van der Waals surface area contributed by atoms with E-state index < -0.39 is 0 Å². The first-order valence-corrected chi connectivity index (χ1v) is 9.40. The van der Waals surface area contributed by atoms with Crippen molar-refractivity contribution in [2.75, 3.05) is 13.1 Å². The van der Waals surface area contributed by atoms with Crippen LogP contribution in [0.3, 0.4) is 0 Å². The fourth-order valence-electron chi connectivity index (χ4n) is 3.37. The number of aromatic nitrogens is 2. The molecule has 0 bridgehead atoms. The second-order valence-corrected chi connectivity index (χ2v) is 7.62. The number of likely N-dealkylation sites (tertiary alicyclic amines) is 1. The topological polar surface area (TPSA) is 80.4 Å². The van der Waals surface area contributed by atoms with Gasteiger partial charge in [-0.25, -0.2) is 0 Å². The van der Waals surface area contributed by atoms with E-state index in [9.17, 15) is 9.59 Å². The molecule has 0 radical (unpaired) electrons. The van der Waals surface area contributed by atoms with E-state index in [-0.39, 0.29) is 17.9 Å². The van der Waals surface area contributed by atoms with Crippen molar-refractivity contribution < 1.29 is 14.0 Å². The number of nitrogens with zero attached hydrogens (tertiary/aromatic N) is 3. The fraction of sp³-hybridized carbons (Fsp3) is 0.389. The van der Waals surface area contributed by atoms with Gasteiger partial charge >= 0.3 is 0 Å². The normalized spacial score (nSPS) is 15.5. The van der Waals surface area contributed by atoms with Gasteiger partial charge in [0.05, 0.1) is 22.4 Å². The molecule has 1 saturated heterocycles. The Morgan fingerprint density at radius 2 is 2.12 bits per heavy atom. The summed E-state index contributed by atoms with van der Waals surface area (Å²) in [6.07, 6.45) is 4.47. The minimum Gasteiger partial charge on any atom is -0.472 e. The summed E-state index contributed by atoms with van der Waals surface area (Å²) in [4.78, 5) is 28.4. The van der Waals surface area contributed by atoms with Gasteiger partial charge in [0.2, 0.25) is 0 Å². The average molecular weight is 372 g/mol. The summed E-state index contributed by atoms with van der Waals surface area (Å²) in [5, 5.41) is 8.50. The van der Waals surface area contributed by atoms with Crippen LogP contribution in [0, 0.1) is 6.92 Å². The summed E-state index contributed by atoms with van der Waals surface area (Å²) in [7, 11) is 1.89. The third-order valence-corrected chi connectivity index (χ3v) is 6.01. The number of carbonyl (C=O) groups is 2. The summed E-state index contributed by atoms with van der Waals surface area (Å²) >= 11 is 1.46. The SMILES string of the molecule is Cc1nn(C)c2sc(C(=O)NC3CCN(C(=O)c4ccoc4)CC3)cc12. The van der Waals surface area contributed by atoms with Crippen molar-refractivity contribution in [3.8, 4) is 0 Å². The number of thiophene rings is 1. The lowest BCUT2D eigenvalue weighted by atomic mass is 10.0. The van der Waals surface area contributed by atoms with Crippen molar-refractivity contribution in [3.63, 3.8) is 0 Å². The Morgan fingerprint density at radius 3 is 2.77 bits per heavy atom. The zero-order valence-corrected chi connectivity index (χ0v) is 15.5. The molecule has 0 atom stereocenters. The predicted octanol–water partition coefficient (Wildman–Crippen LogP) is 2.57.